The summed E-state index contributed by atoms with van der Waals surface area (Å²) in [5.74, 6) is -1.51. The second kappa shape index (κ2) is 5.01. The molecule has 22 heavy (non-hydrogen) atoms. The summed E-state index contributed by atoms with van der Waals surface area (Å²) < 4.78 is 1.03. The molecular formula is C13H6Cl3N3O3. The average Bonchev–Trinajstić information content (AvgIpc) is 2.71. The Labute approximate surface area is 138 Å². The van der Waals surface area contributed by atoms with E-state index < -0.39 is 17.4 Å². The molecule has 0 saturated carbocycles. The van der Waals surface area contributed by atoms with Crippen LogP contribution in [0.5, 0.6) is 0 Å². The molecule has 9 heteroatoms. The maximum Gasteiger partial charge on any atom is 0.262 e. The number of fused-ring (bicyclic) bond motifs is 1. The zero-order valence-corrected chi connectivity index (χ0v) is 12.9. The van der Waals surface area contributed by atoms with Crippen molar-refractivity contribution >= 4 is 52.4 Å². The maximum absolute atomic E-state index is 12.2. The van der Waals surface area contributed by atoms with E-state index in [-0.39, 0.29) is 37.7 Å². The first kappa shape index (κ1) is 14.9. The minimum Gasteiger partial charge on any atom is -0.384 e. The minimum absolute atomic E-state index is 0.0603. The monoisotopic (exact) mass is 357 g/mol. The van der Waals surface area contributed by atoms with Crippen LogP contribution in [-0.4, -0.2) is 16.4 Å². The first-order valence-electron chi connectivity index (χ1n) is 5.87. The van der Waals surface area contributed by atoms with Crippen LogP contribution in [0.3, 0.4) is 0 Å². The molecule has 0 unspecified atom stereocenters. The van der Waals surface area contributed by atoms with Crippen molar-refractivity contribution in [3.8, 4) is 5.69 Å². The van der Waals surface area contributed by atoms with Crippen molar-refractivity contribution in [2.75, 3.05) is 5.73 Å². The number of amides is 2. The van der Waals surface area contributed by atoms with Gasteiger partial charge in [-0.15, -0.1) is 0 Å². The zero-order valence-electron chi connectivity index (χ0n) is 10.6. The van der Waals surface area contributed by atoms with Gasteiger partial charge in [0.15, 0.2) is 0 Å². The van der Waals surface area contributed by atoms with Gasteiger partial charge in [0.05, 0.1) is 31.9 Å². The number of carbonyl (C=O) groups excluding carboxylic acids is 2. The molecular weight excluding hydrogens is 353 g/mol. The zero-order chi connectivity index (χ0) is 16.2. The van der Waals surface area contributed by atoms with Gasteiger partial charge in [0.1, 0.15) is 5.82 Å². The van der Waals surface area contributed by atoms with Crippen molar-refractivity contribution in [2.24, 2.45) is 0 Å². The summed E-state index contributed by atoms with van der Waals surface area (Å²) in [6.45, 7) is 0. The van der Waals surface area contributed by atoms with Gasteiger partial charge in [0.2, 0.25) is 0 Å². The lowest BCUT2D eigenvalue weighted by molar-refractivity contribution is 0.0880. The lowest BCUT2D eigenvalue weighted by Gasteiger charge is -2.13. The third kappa shape index (κ3) is 2.08. The normalized spacial score (nSPS) is 13.2. The van der Waals surface area contributed by atoms with Crippen molar-refractivity contribution < 1.29 is 9.59 Å². The number of hydrogen-bond donors (Lipinski definition) is 2. The van der Waals surface area contributed by atoms with E-state index in [1.807, 2.05) is 0 Å². The smallest absolute Gasteiger partial charge is 0.262 e. The number of nitrogens with zero attached hydrogens (tertiary/aromatic N) is 1. The number of benzene rings is 1. The molecule has 2 aromatic rings. The quantitative estimate of drug-likeness (QED) is 0.604. The van der Waals surface area contributed by atoms with E-state index in [0.717, 1.165) is 10.6 Å². The highest BCUT2D eigenvalue weighted by Gasteiger charge is 2.31. The molecule has 0 radical (unpaired) electrons. The van der Waals surface area contributed by atoms with Crippen LogP contribution in [0.1, 0.15) is 20.7 Å². The van der Waals surface area contributed by atoms with Crippen LogP contribution in [0.4, 0.5) is 5.82 Å². The van der Waals surface area contributed by atoms with Crippen molar-refractivity contribution in [2.45, 2.75) is 0 Å². The molecule has 1 aromatic heterocycles. The number of nitrogens with one attached hydrogen (secondary N) is 1. The molecule has 3 rings (SSSR count). The number of aromatic nitrogens is 1. The Bertz CT molecular complexity index is 898. The summed E-state index contributed by atoms with van der Waals surface area (Å²) in [5, 5.41) is 2.45. The molecule has 112 valence electrons. The van der Waals surface area contributed by atoms with Gasteiger partial charge in [-0.05, 0) is 12.1 Å². The predicted molar refractivity (Wildman–Crippen MR) is 83.3 cm³/mol. The molecule has 3 N–H and O–H groups in total. The van der Waals surface area contributed by atoms with Crippen LogP contribution in [-0.2, 0) is 0 Å². The van der Waals surface area contributed by atoms with Crippen LogP contribution >= 0.6 is 34.8 Å². The van der Waals surface area contributed by atoms with Gasteiger partial charge < -0.3 is 5.73 Å². The van der Waals surface area contributed by atoms with Gasteiger partial charge in [-0.1, -0.05) is 34.8 Å². The molecule has 6 nitrogen and oxygen atoms in total. The summed E-state index contributed by atoms with van der Waals surface area (Å²) in [5.41, 5.74) is 5.40. The highest BCUT2D eigenvalue weighted by Crippen LogP contribution is 2.33. The number of nitrogens with two attached hydrogens (primary N) is 1. The Kier molecular flexibility index (Phi) is 3.40. The van der Waals surface area contributed by atoms with Gasteiger partial charge in [0, 0.05) is 6.07 Å². The molecule has 0 fully saturated rings. The molecule has 0 saturated heterocycles. The van der Waals surface area contributed by atoms with Crippen molar-refractivity contribution in [1.82, 2.24) is 9.88 Å². The highest BCUT2D eigenvalue weighted by molar-refractivity contribution is 6.48. The van der Waals surface area contributed by atoms with Gasteiger partial charge in [-0.2, -0.15) is 0 Å². The Morgan fingerprint density at radius 2 is 1.55 bits per heavy atom. The predicted octanol–water partition coefficient (Wildman–Crippen LogP) is 2.26. The Balaban J connectivity index is 2.35. The van der Waals surface area contributed by atoms with E-state index in [1.165, 1.54) is 12.1 Å². The first-order chi connectivity index (χ1) is 10.3. The fraction of sp³-hybridized carbons (Fsp3) is 0. The molecule has 0 aliphatic carbocycles. The van der Waals surface area contributed by atoms with Gasteiger partial charge >= 0.3 is 0 Å². The summed E-state index contributed by atoms with van der Waals surface area (Å²) >= 11 is 17.7. The Morgan fingerprint density at radius 3 is 2.14 bits per heavy atom. The third-order valence-corrected chi connectivity index (χ3v) is 4.38. The highest BCUT2D eigenvalue weighted by atomic mass is 35.5. The number of anilines is 1. The summed E-state index contributed by atoms with van der Waals surface area (Å²) in [6.07, 6.45) is 0. The van der Waals surface area contributed by atoms with Gasteiger partial charge in [-0.25, -0.2) is 0 Å². The number of carbonyl (C=O) groups is 2. The fourth-order valence-corrected chi connectivity index (χ4v) is 2.80. The lowest BCUT2D eigenvalue weighted by atomic mass is 10.1. The number of hydrogen-bond acceptors (Lipinski definition) is 4. The van der Waals surface area contributed by atoms with E-state index >= 15 is 0 Å². The lowest BCUT2D eigenvalue weighted by Crippen LogP contribution is -2.24. The second-order valence-corrected chi connectivity index (χ2v) is 5.69. The van der Waals surface area contributed by atoms with Crippen molar-refractivity contribution in [3.63, 3.8) is 0 Å². The SMILES string of the molecule is Nc1c2c(cc(=O)n1-c1cc(Cl)c(Cl)c(Cl)c1)C(=O)NC2=O. The standard InChI is InChI=1S/C13H6Cl3N3O3/c14-6-1-4(2-7(15)10(6)16)19-8(20)3-5-9(11(19)17)13(22)18-12(5)21/h1-3H,17H2,(H,18,21,22). The van der Waals surface area contributed by atoms with E-state index in [0.29, 0.717) is 0 Å². The number of rotatable bonds is 1. The van der Waals surface area contributed by atoms with Crippen LogP contribution in [0, 0.1) is 0 Å². The molecule has 2 amide bonds. The second-order valence-electron chi connectivity index (χ2n) is 4.50. The van der Waals surface area contributed by atoms with Crippen LogP contribution in [0.2, 0.25) is 15.1 Å². The first-order valence-corrected chi connectivity index (χ1v) is 7.00. The number of imide groups is 1. The molecule has 1 aliphatic rings. The molecule has 0 bridgehead atoms. The number of halogens is 3. The Morgan fingerprint density at radius 1 is 0.955 bits per heavy atom. The largest absolute Gasteiger partial charge is 0.384 e. The van der Waals surface area contributed by atoms with Crippen LogP contribution in [0.25, 0.3) is 5.69 Å². The summed E-state index contributed by atoms with van der Waals surface area (Å²) in [6, 6.07) is 3.80. The molecule has 1 aliphatic heterocycles. The van der Waals surface area contributed by atoms with E-state index in [2.05, 4.69) is 5.32 Å². The topological polar surface area (TPSA) is 94.2 Å². The minimum atomic E-state index is -0.669. The van der Waals surface area contributed by atoms with Crippen LogP contribution in [0.15, 0.2) is 23.0 Å². The van der Waals surface area contributed by atoms with Gasteiger partial charge in [0.25, 0.3) is 17.4 Å². The molecule has 1 aromatic carbocycles. The summed E-state index contributed by atoms with van der Waals surface area (Å²) in [4.78, 5) is 35.6. The van der Waals surface area contributed by atoms with E-state index in [9.17, 15) is 14.4 Å². The van der Waals surface area contributed by atoms with E-state index in [1.54, 1.807) is 0 Å². The average molecular weight is 359 g/mol. The number of nitrogen functional groups attached to an aromatic ring is 1. The molecule has 0 atom stereocenters. The number of pyridine rings is 1. The third-order valence-electron chi connectivity index (χ3n) is 3.18. The van der Waals surface area contributed by atoms with Crippen LogP contribution < -0.4 is 16.6 Å². The van der Waals surface area contributed by atoms with Crippen molar-refractivity contribution in [1.29, 1.82) is 0 Å². The maximum atomic E-state index is 12.2. The fourth-order valence-electron chi connectivity index (χ4n) is 2.22. The van der Waals surface area contributed by atoms with E-state index in [4.69, 9.17) is 40.5 Å². The van der Waals surface area contributed by atoms with Crippen molar-refractivity contribution in [3.05, 3.63) is 54.7 Å². The summed E-state index contributed by atoms with van der Waals surface area (Å²) in [7, 11) is 0. The Hall–Kier alpha value is -2.02. The van der Waals surface area contributed by atoms with Gasteiger partial charge in [-0.3, -0.25) is 24.3 Å². The molecule has 0 spiro atoms. The molecule has 2 heterocycles.